The molecule has 0 fully saturated rings. The van der Waals surface area contributed by atoms with E-state index >= 15 is 0 Å². The summed E-state index contributed by atoms with van der Waals surface area (Å²) >= 11 is 0. The molecule has 0 saturated carbocycles. The molecule has 134 valence electrons. The van der Waals surface area contributed by atoms with Gasteiger partial charge in [0.1, 0.15) is 19.7 Å². The molecule has 2 aromatic carbocycles. The van der Waals surface area contributed by atoms with Crippen molar-refractivity contribution in [2.45, 2.75) is 26.6 Å². The van der Waals surface area contributed by atoms with Gasteiger partial charge in [-0.2, -0.15) is 0 Å². The summed E-state index contributed by atoms with van der Waals surface area (Å²) in [5, 5.41) is 2.25. The number of aryl methyl sites for hydroxylation is 1. The molecule has 0 radical (unpaired) electrons. The minimum Gasteiger partial charge on any atom is -0.493 e. The van der Waals surface area contributed by atoms with Crippen molar-refractivity contribution in [2.24, 2.45) is 0 Å². The second kappa shape index (κ2) is 9.02. The number of benzene rings is 2. The molecule has 0 aliphatic rings. The minimum absolute atomic E-state index is 0.537. The largest absolute Gasteiger partial charge is 0.493 e. The number of quaternary nitrogens is 1. The lowest BCUT2D eigenvalue weighted by Crippen LogP contribution is -2.80. The highest BCUT2D eigenvalue weighted by Crippen LogP contribution is 2.28. The minimum atomic E-state index is 0.537. The van der Waals surface area contributed by atoms with Crippen molar-refractivity contribution in [2.75, 3.05) is 7.11 Å². The first-order valence-corrected chi connectivity index (χ1v) is 8.81. The molecule has 3 aromatic rings. The Morgan fingerprint density at radius 1 is 0.923 bits per heavy atom. The van der Waals surface area contributed by atoms with Crippen LogP contribution in [-0.4, -0.2) is 12.1 Å². The highest BCUT2D eigenvalue weighted by Gasteiger charge is 2.08. The molecule has 0 unspecified atom stereocenters. The predicted molar refractivity (Wildman–Crippen MR) is 102 cm³/mol. The van der Waals surface area contributed by atoms with Crippen LogP contribution in [0.5, 0.6) is 11.5 Å². The summed E-state index contributed by atoms with van der Waals surface area (Å²) in [7, 11) is 1.68. The molecule has 0 spiro atoms. The molecule has 3 rings (SSSR count). The lowest BCUT2D eigenvalue weighted by Gasteiger charge is -2.13. The molecule has 1 aromatic heterocycles. The zero-order valence-corrected chi connectivity index (χ0v) is 15.3. The third-order valence-corrected chi connectivity index (χ3v) is 4.36. The quantitative estimate of drug-likeness (QED) is 0.679. The number of nitrogens with two attached hydrogens (primary N) is 1. The Morgan fingerprint density at radius 3 is 2.54 bits per heavy atom. The Bertz CT molecular complexity index is 835. The fourth-order valence-corrected chi connectivity index (χ4v) is 2.81. The Labute approximate surface area is 154 Å². The standard InChI is InChI=1S/C22H24N2O2/c1-17-6-3-4-8-20(17)16-26-21-10-9-18(12-22(21)25-2)13-24-15-19-7-5-11-23-14-19/h3-12,14,24H,13,15-16H2,1-2H3/p+1. The number of ether oxygens (including phenoxy) is 2. The van der Waals surface area contributed by atoms with Crippen molar-refractivity contribution >= 4 is 0 Å². The molecule has 1 heterocycles. The number of hydrogen-bond acceptors (Lipinski definition) is 3. The van der Waals surface area contributed by atoms with Crippen LogP contribution in [0, 0.1) is 6.92 Å². The molecule has 4 heteroatoms. The van der Waals surface area contributed by atoms with E-state index in [1.165, 1.54) is 22.3 Å². The summed E-state index contributed by atoms with van der Waals surface area (Å²) in [5.41, 5.74) is 4.84. The van der Waals surface area contributed by atoms with Crippen molar-refractivity contribution in [3.63, 3.8) is 0 Å². The van der Waals surface area contributed by atoms with Crippen LogP contribution in [-0.2, 0) is 19.7 Å². The first-order valence-electron chi connectivity index (χ1n) is 8.81. The molecule has 26 heavy (non-hydrogen) atoms. The van der Waals surface area contributed by atoms with Crippen LogP contribution in [0.15, 0.2) is 67.0 Å². The molecule has 0 saturated heterocycles. The summed E-state index contributed by atoms with van der Waals surface area (Å²) in [4.78, 5) is 4.14. The zero-order valence-electron chi connectivity index (χ0n) is 15.3. The summed E-state index contributed by atoms with van der Waals surface area (Å²) in [6.07, 6.45) is 3.70. The van der Waals surface area contributed by atoms with E-state index in [9.17, 15) is 0 Å². The van der Waals surface area contributed by atoms with Gasteiger partial charge in [0.05, 0.1) is 7.11 Å². The molecule has 2 N–H and O–H groups in total. The van der Waals surface area contributed by atoms with Crippen LogP contribution in [0.25, 0.3) is 0 Å². The second-order valence-corrected chi connectivity index (χ2v) is 6.26. The number of aromatic nitrogens is 1. The van der Waals surface area contributed by atoms with Crippen molar-refractivity contribution in [1.29, 1.82) is 0 Å². The number of rotatable bonds is 8. The number of pyridine rings is 1. The van der Waals surface area contributed by atoms with Crippen LogP contribution in [0.4, 0.5) is 0 Å². The third kappa shape index (κ3) is 4.83. The first-order chi connectivity index (χ1) is 12.8. The van der Waals surface area contributed by atoms with Gasteiger partial charge in [-0.25, -0.2) is 0 Å². The van der Waals surface area contributed by atoms with Gasteiger partial charge in [0.15, 0.2) is 11.5 Å². The normalized spacial score (nSPS) is 10.5. The fraction of sp³-hybridized carbons (Fsp3) is 0.227. The van der Waals surface area contributed by atoms with E-state index in [0.29, 0.717) is 6.61 Å². The molecule has 0 amide bonds. The SMILES string of the molecule is COc1cc(C[NH2+]Cc2cccnc2)ccc1OCc1ccccc1C. The van der Waals surface area contributed by atoms with Crippen molar-refractivity contribution in [1.82, 2.24) is 4.98 Å². The molecule has 0 bridgehead atoms. The summed E-state index contributed by atoms with van der Waals surface area (Å²) < 4.78 is 11.5. The number of methoxy groups -OCH3 is 1. The van der Waals surface area contributed by atoms with Gasteiger partial charge < -0.3 is 14.8 Å². The van der Waals surface area contributed by atoms with Gasteiger partial charge in [-0.3, -0.25) is 4.98 Å². The van der Waals surface area contributed by atoms with Crippen LogP contribution >= 0.6 is 0 Å². The summed E-state index contributed by atoms with van der Waals surface area (Å²) in [6.45, 7) is 4.41. The lowest BCUT2D eigenvalue weighted by molar-refractivity contribution is -0.686. The van der Waals surface area contributed by atoms with Crippen LogP contribution in [0.1, 0.15) is 22.3 Å². The highest BCUT2D eigenvalue weighted by atomic mass is 16.5. The van der Waals surface area contributed by atoms with Crippen LogP contribution in [0.2, 0.25) is 0 Å². The number of nitrogens with zero attached hydrogens (tertiary/aromatic N) is 1. The number of hydrogen-bond donors (Lipinski definition) is 1. The maximum absolute atomic E-state index is 5.98. The molecular weight excluding hydrogens is 324 g/mol. The van der Waals surface area contributed by atoms with Gasteiger partial charge in [-0.1, -0.05) is 30.3 Å². The van der Waals surface area contributed by atoms with Crippen molar-refractivity contribution in [3.8, 4) is 11.5 Å². The van der Waals surface area contributed by atoms with Crippen molar-refractivity contribution in [3.05, 3.63) is 89.2 Å². The maximum Gasteiger partial charge on any atom is 0.161 e. The van der Waals surface area contributed by atoms with Crippen LogP contribution in [0.3, 0.4) is 0 Å². The Hall–Kier alpha value is -2.85. The molecule has 0 aliphatic heterocycles. The Morgan fingerprint density at radius 2 is 1.77 bits per heavy atom. The lowest BCUT2D eigenvalue weighted by atomic mass is 10.1. The Kier molecular flexibility index (Phi) is 6.23. The second-order valence-electron chi connectivity index (χ2n) is 6.26. The topological polar surface area (TPSA) is 48.0 Å². The van der Waals surface area contributed by atoms with E-state index in [0.717, 1.165) is 24.6 Å². The molecule has 4 nitrogen and oxygen atoms in total. The van der Waals surface area contributed by atoms with Gasteiger partial charge >= 0.3 is 0 Å². The Balaban J connectivity index is 1.59. The molecule has 0 atom stereocenters. The average Bonchev–Trinajstić information content (AvgIpc) is 2.68. The van der Waals surface area contributed by atoms with E-state index in [4.69, 9.17) is 9.47 Å². The van der Waals surface area contributed by atoms with Gasteiger partial charge in [0, 0.05) is 23.5 Å². The smallest absolute Gasteiger partial charge is 0.161 e. The monoisotopic (exact) mass is 349 g/mol. The van der Waals surface area contributed by atoms with E-state index in [-0.39, 0.29) is 0 Å². The average molecular weight is 349 g/mol. The van der Waals surface area contributed by atoms with E-state index in [2.05, 4.69) is 41.5 Å². The first kappa shape index (κ1) is 18.0. The van der Waals surface area contributed by atoms with E-state index < -0.39 is 0 Å². The van der Waals surface area contributed by atoms with Gasteiger partial charge in [0.2, 0.25) is 0 Å². The highest BCUT2D eigenvalue weighted by molar-refractivity contribution is 5.43. The van der Waals surface area contributed by atoms with E-state index in [1.54, 1.807) is 13.3 Å². The maximum atomic E-state index is 5.98. The zero-order chi connectivity index (χ0) is 18.2. The molecule has 0 aliphatic carbocycles. The summed E-state index contributed by atoms with van der Waals surface area (Å²) in [6, 6.07) is 18.4. The predicted octanol–water partition coefficient (Wildman–Crippen LogP) is 3.24. The summed E-state index contributed by atoms with van der Waals surface area (Å²) in [5.74, 6) is 1.54. The fourth-order valence-electron chi connectivity index (χ4n) is 2.81. The van der Waals surface area contributed by atoms with Gasteiger partial charge in [-0.15, -0.1) is 0 Å². The van der Waals surface area contributed by atoms with Gasteiger partial charge in [0.25, 0.3) is 0 Å². The van der Waals surface area contributed by atoms with E-state index in [1.807, 2.05) is 36.5 Å². The van der Waals surface area contributed by atoms with Crippen LogP contribution < -0.4 is 14.8 Å². The van der Waals surface area contributed by atoms with Gasteiger partial charge in [-0.05, 0) is 42.3 Å². The molecular formula is C22H25N2O2+. The third-order valence-electron chi connectivity index (χ3n) is 4.36. The van der Waals surface area contributed by atoms with Crippen molar-refractivity contribution < 1.29 is 14.8 Å².